The first kappa shape index (κ1) is 14.0. The molecule has 3 rings (SSSR count). The van der Waals surface area contributed by atoms with Crippen molar-refractivity contribution >= 4 is 0 Å². The minimum atomic E-state index is -0.724. The lowest BCUT2D eigenvalue weighted by Crippen LogP contribution is -2.33. The van der Waals surface area contributed by atoms with Crippen molar-refractivity contribution in [1.29, 1.82) is 0 Å². The highest BCUT2D eigenvalue weighted by atomic mass is 19.1. The molecule has 0 spiro atoms. The Balaban J connectivity index is 1.70. The van der Waals surface area contributed by atoms with Gasteiger partial charge in [-0.15, -0.1) is 0 Å². The highest BCUT2D eigenvalue weighted by Gasteiger charge is 2.26. The summed E-state index contributed by atoms with van der Waals surface area (Å²) in [5, 5.41) is 10.3. The Morgan fingerprint density at radius 1 is 1.19 bits per heavy atom. The molecule has 4 heteroatoms. The topological polar surface area (TPSA) is 29.5 Å². The van der Waals surface area contributed by atoms with Gasteiger partial charge in [-0.3, -0.25) is 0 Å². The molecule has 110 valence electrons. The lowest BCUT2D eigenvalue weighted by molar-refractivity contribution is 0.0646. The summed E-state index contributed by atoms with van der Waals surface area (Å²) in [6, 6.07) is 11.1. The maximum Gasteiger partial charge on any atom is 0.129 e. The van der Waals surface area contributed by atoms with Crippen LogP contribution in [0.4, 0.5) is 8.78 Å². The number of hydrogen-bond acceptors (Lipinski definition) is 2. The summed E-state index contributed by atoms with van der Waals surface area (Å²) in [4.78, 5) is 0. The van der Waals surface area contributed by atoms with E-state index in [1.165, 1.54) is 12.1 Å². The number of hydrogen-bond donors (Lipinski definition) is 1. The number of benzene rings is 2. The Morgan fingerprint density at radius 2 is 2.00 bits per heavy atom. The second kappa shape index (κ2) is 5.82. The lowest BCUT2D eigenvalue weighted by Gasteiger charge is -2.29. The molecule has 0 radical (unpaired) electrons. The first-order valence-electron chi connectivity index (χ1n) is 6.96. The second-order valence-electron chi connectivity index (χ2n) is 5.39. The summed E-state index contributed by atoms with van der Waals surface area (Å²) in [6.45, 7) is 0.404. The van der Waals surface area contributed by atoms with Crippen molar-refractivity contribution in [3.05, 3.63) is 65.2 Å². The Labute approximate surface area is 122 Å². The van der Waals surface area contributed by atoms with Gasteiger partial charge in [-0.05, 0) is 29.7 Å². The van der Waals surface area contributed by atoms with E-state index in [4.69, 9.17) is 4.74 Å². The largest absolute Gasteiger partial charge is 0.493 e. The normalized spacial score (nSPS) is 18.7. The van der Waals surface area contributed by atoms with Crippen LogP contribution in [-0.4, -0.2) is 17.8 Å². The molecule has 2 aromatic carbocycles. The van der Waals surface area contributed by atoms with Crippen LogP contribution in [0, 0.1) is 17.6 Å². The molecule has 1 N–H and O–H groups in total. The van der Waals surface area contributed by atoms with Gasteiger partial charge in [-0.25, -0.2) is 8.78 Å². The molecule has 21 heavy (non-hydrogen) atoms. The van der Waals surface area contributed by atoms with Crippen molar-refractivity contribution in [2.24, 2.45) is 5.92 Å². The van der Waals surface area contributed by atoms with Gasteiger partial charge >= 0.3 is 0 Å². The van der Waals surface area contributed by atoms with Gasteiger partial charge in [0, 0.05) is 18.4 Å². The fourth-order valence-corrected chi connectivity index (χ4v) is 2.68. The van der Waals surface area contributed by atoms with Crippen molar-refractivity contribution in [2.75, 3.05) is 6.61 Å². The minimum Gasteiger partial charge on any atom is -0.493 e. The lowest BCUT2D eigenvalue weighted by atomic mass is 9.89. The molecular weight excluding hydrogens is 274 g/mol. The Kier molecular flexibility index (Phi) is 3.88. The molecule has 2 atom stereocenters. The van der Waals surface area contributed by atoms with Crippen LogP contribution in [0.1, 0.15) is 11.1 Å². The van der Waals surface area contributed by atoms with Gasteiger partial charge in [-0.2, -0.15) is 0 Å². The molecule has 0 aromatic heterocycles. The predicted molar refractivity (Wildman–Crippen MR) is 75.2 cm³/mol. The number of aliphatic hydroxyl groups excluding tert-OH is 1. The second-order valence-corrected chi connectivity index (χ2v) is 5.39. The molecule has 0 bridgehead atoms. The van der Waals surface area contributed by atoms with E-state index >= 15 is 0 Å². The summed E-state index contributed by atoms with van der Waals surface area (Å²) in [6.07, 6.45) is 0.126. The predicted octanol–water partition coefficient (Wildman–Crippen LogP) is 3.12. The average Bonchev–Trinajstić information content (AvgIpc) is 2.49. The third kappa shape index (κ3) is 3.05. The third-order valence-electron chi connectivity index (χ3n) is 3.90. The summed E-state index contributed by atoms with van der Waals surface area (Å²) in [7, 11) is 0. The van der Waals surface area contributed by atoms with Crippen LogP contribution < -0.4 is 4.74 Å². The van der Waals surface area contributed by atoms with E-state index in [0.29, 0.717) is 18.6 Å². The zero-order valence-electron chi connectivity index (χ0n) is 11.4. The van der Waals surface area contributed by atoms with Gasteiger partial charge in [-0.1, -0.05) is 24.3 Å². The maximum atomic E-state index is 13.6. The molecule has 1 aliphatic rings. The van der Waals surface area contributed by atoms with Crippen LogP contribution in [0.3, 0.4) is 0 Å². The monoisotopic (exact) mass is 290 g/mol. The van der Waals surface area contributed by atoms with Crippen LogP contribution >= 0.6 is 0 Å². The molecular formula is C17H16F2O2. The average molecular weight is 290 g/mol. The van der Waals surface area contributed by atoms with Crippen LogP contribution in [-0.2, 0) is 12.8 Å². The number of aliphatic hydroxyl groups is 1. The standard InChI is InChI=1S/C17H16F2O2/c18-14-6-5-11(15(19)9-14)8-16(20)13-7-12-3-1-2-4-17(12)21-10-13/h1-6,9,13,16,20H,7-8,10H2. The van der Waals surface area contributed by atoms with Crippen molar-refractivity contribution in [1.82, 2.24) is 0 Å². The van der Waals surface area contributed by atoms with Crippen LogP contribution in [0.2, 0.25) is 0 Å². The van der Waals surface area contributed by atoms with E-state index in [1.807, 2.05) is 24.3 Å². The Morgan fingerprint density at radius 3 is 2.81 bits per heavy atom. The van der Waals surface area contributed by atoms with Crippen molar-refractivity contribution in [3.63, 3.8) is 0 Å². The summed E-state index contributed by atoms with van der Waals surface area (Å²) in [5.41, 5.74) is 1.37. The third-order valence-corrected chi connectivity index (χ3v) is 3.90. The van der Waals surface area contributed by atoms with Crippen LogP contribution in [0.25, 0.3) is 0 Å². The van der Waals surface area contributed by atoms with E-state index in [-0.39, 0.29) is 12.3 Å². The molecule has 1 heterocycles. The van der Waals surface area contributed by atoms with Gasteiger partial charge < -0.3 is 9.84 Å². The van der Waals surface area contributed by atoms with E-state index in [0.717, 1.165) is 17.4 Å². The quantitative estimate of drug-likeness (QED) is 0.941. The summed E-state index contributed by atoms with van der Waals surface area (Å²) in [5.74, 6) is -0.481. The van der Waals surface area contributed by atoms with E-state index in [2.05, 4.69) is 0 Å². The summed E-state index contributed by atoms with van der Waals surface area (Å²) >= 11 is 0. The van der Waals surface area contributed by atoms with Crippen molar-refractivity contribution in [2.45, 2.75) is 18.9 Å². The van der Waals surface area contributed by atoms with Gasteiger partial charge in [0.05, 0.1) is 12.7 Å². The van der Waals surface area contributed by atoms with Crippen LogP contribution in [0.5, 0.6) is 5.75 Å². The summed E-state index contributed by atoms with van der Waals surface area (Å²) < 4.78 is 32.1. The number of rotatable bonds is 3. The molecule has 0 fully saturated rings. The van der Waals surface area contributed by atoms with E-state index < -0.39 is 17.7 Å². The van der Waals surface area contributed by atoms with E-state index in [9.17, 15) is 13.9 Å². The highest BCUT2D eigenvalue weighted by molar-refractivity contribution is 5.35. The molecule has 0 aliphatic carbocycles. The fraction of sp³-hybridized carbons (Fsp3) is 0.294. The number of ether oxygens (including phenoxy) is 1. The highest BCUT2D eigenvalue weighted by Crippen LogP contribution is 2.29. The molecule has 1 aliphatic heterocycles. The first-order chi connectivity index (χ1) is 10.1. The molecule has 0 saturated heterocycles. The zero-order valence-corrected chi connectivity index (χ0v) is 11.4. The van der Waals surface area contributed by atoms with Gasteiger partial charge in [0.2, 0.25) is 0 Å². The molecule has 2 aromatic rings. The number of fused-ring (bicyclic) bond motifs is 1. The van der Waals surface area contributed by atoms with Crippen molar-refractivity contribution in [3.8, 4) is 5.75 Å². The molecule has 0 saturated carbocycles. The Bertz CT molecular complexity index is 642. The molecule has 0 amide bonds. The van der Waals surface area contributed by atoms with Crippen LogP contribution in [0.15, 0.2) is 42.5 Å². The van der Waals surface area contributed by atoms with Gasteiger partial charge in [0.1, 0.15) is 17.4 Å². The number of halogens is 2. The van der Waals surface area contributed by atoms with Gasteiger partial charge in [0.25, 0.3) is 0 Å². The smallest absolute Gasteiger partial charge is 0.129 e. The Hall–Kier alpha value is -1.94. The first-order valence-corrected chi connectivity index (χ1v) is 6.96. The minimum absolute atomic E-state index is 0.0932. The van der Waals surface area contributed by atoms with Crippen molar-refractivity contribution < 1.29 is 18.6 Å². The van der Waals surface area contributed by atoms with E-state index in [1.54, 1.807) is 0 Å². The fourth-order valence-electron chi connectivity index (χ4n) is 2.68. The number of para-hydroxylation sites is 1. The van der Waals surface area contributed by atoms with Gasteiger partial charge in [0.15, 0.2) is 0 Å². The maximum absolute atomic E-state index is 13.6. The molecule has 2 nitrogen and oxygen atoms in total. The SMILES string of the molecule is OC(Cc1ccc(F)cc1F)C1COc2ccccc2C1. The molecule has 2 unspecified atom stereocenters. The zero-order chi connectivity index (χ0) is 14.8.